The van der Waals surface area contributed by atoms with Gasteiger partial charge in [0.05, 0.1) is 58.9 Å². The van der Waals surface area contributed by atoms with Crippen molar-refractivity contribution >= 4 is 27.9 Å². The van der Waals surface area contributed by atoms with Gasteiger partial charge >= 0.3 is 0 Å². The zero-order valence-electron chi connectivity index (χ0n) is 12.6. The molecule has 0 radical (unpaired) electrons. The zero-order chi connectivity index (χ0) is 15.3. The van der Waals surface area contributed by atoms with Crippen molar-refractivity contribution in [2.24, 2.45) is 4.99 Å². The van der Waals surface area contributed by atoms with Gasteiger partial charge in [0, 0.05) is 17.7 Å². The first-order chi connectivity index (χ1) is 10.9. The van der Waals surface area contributed by atoms with E-state index >= 15 is 0 Å². The first-order valence-corrected chi connectivity index (χ1v) is 9.29. The van der Waals surface area contributed by atoms with Crippen LogP contribution in [-0.4, -0.2) is 77.1 Å². The molecule has 1 aromatic heterocycles. The highest BCUT2D eigenvalue weighted by atomic mass is 32.2. The number of aromatic nitrogens is 3. The second kappa shape index (κ2) is 11.9. The van der Waals surface area contributed by atoms with Crippen molar-refractivity contribution in [1.82, 2.24) is 15.0 Å². The summed E-state index contributed by atoms with van der Waals surface area (Å²) in [7, 11) is 0. The third-order valence-corrected chi connectivity index (χ3v) is 5.23. The fourth-order valence-corrected chi connectivity index (χ4v) is 3.86. The minimum absolute atomic E-state index is 0.580. The molecule has 0 atom stereocenters. The highest BCUT2D eigenvalue weighted by Gasteiger charge is 2.08. The van der Waals surface area contributed by atoms with Gasteiger partial charge in [-0.3, -0.25) is 9.67 Å². The molecule has 0 spiro atoms. The number of ether oxygens (including phenoxy) is 3. The fraction of sp³-hybridized carbons (Fsp3) is 0.769. The third kappa shape index (κ3) is 8.14. The lowest BCUT2D eigenvalue weighted by atomic mass is 10.6. The Morgan fingerprint density at radius 1 is 1.00 bits per heavy atom. The Hall–Kier alpha value is -0.610. The van der Waals surface area contributed by atoms with Crippen LogP contribution in [0.5, 0.6) is 0 Å². The second-order valence-electron chi connectivity index (χ2n) is 4.35. The SMILES string of the molecule is c1cn(CCOCCOCCOCCN=C2SCCS2)nn1. The first-order valence-electron chi connectivity index (χ1n) is 7.32. The first kappa shape index (κ1) is 17.7. The molecule has 7 nitrogen and oxygen atoms in total. The largest absolute Gasteiger partial charge is 0.377 e. The van der Waals surface area contributed by atoms with Gasteiger partial charge in [0.15, 0.2) is 0 Å². The topological polar surface area (TPSA) is 70.8 Å². The Balaban J connectivity index is 1.29. The van der Waals surface area contributed by atoms with E-state index in [1.807, 2.05) is 29.7 Å². The van der Waals surface area contributed by atoms with Crippen molar-refractivity contribution in [3.05, 3.63) is 12.4 Å². The molecule has 1 aliphatic rings. The van der Waals surface area contributed by atoms with Crippen LogP contribution in [0, 0.1) is 0 Å². The summed E-state index contributed by atoms with van der Waals surface area (Å²) in [6, 6.07) is 0. The number of hydrogen-bond acceptors (Lipinski definition) is 8. The predicted molar refractivity (Wildman–Crippen MR) is 89.7 cm³/mol. The molecular formula is C13H22N4O3S2. The van der Waals surface area contributed by atoms with E-state index in [2.05, 4.69) is 15.3 Å². The molecule has 2 heterocycles. The molecular weight excluding hydrogens is 324 g/mol. The van der Waals surface area contributed by atoms with E-state index in [4.69, 9.17) is 14.2 Å². The number of rotatable bonds is 12. The predicted octanol–water partition coefficient (Wildman–Crippen LogP) is 1.16. The molecule has 1 aliphatic heterocycles. The van der Waals surface area contributed by atoms with Crippen molar-refractivity contribution in [2.45, 2.75) is 6.54 Å². The van der Waals surface area contributed by atoms with Gasteiger partial charge in [0.25, 0.3) is 0 Å². The van der Waals surface area contributed by atoms with Gasteiger partial charge in [-0.25, -0.2) is 0 Å². The monoisotopic (exact) mass is 346 g/mol. The number of nitrogens with zero attached hydrogens (tertiary/aromatic N) is 4. The van der Waals surface area contributed by atoms with Crippen LogP contribution in [0.15, 0.2) is 17.4 Å². The van der Waals surface area contributed by atoms with Crippen LogP contribution in [0.25, 0.3) is 0 Å². The zero-order valence-corrected chi connectivity index (χ0v) is 14.2. The molecule has 1 aromatic rings. The van der Waals surface area contributed by atoms with Gasteiger partial charge < -0.3 is 14.2 Å². The lowest BCUT2D eigenvalue weighted by Crippen LogP contribution is -2.13. The van der Waals surface area contributed by atoms with Crippen LogP contribution in [0.3, 0.4) is 0 Å². The highest BCUT2D eigenvalue weighted by molar-refractivity contribution is 8.41. The lowest BCUT2D eigenvalue weighted by molar-refractivity contribution is 0.0141. The summed E-state index contributed by atoms with van der Waals surface area (Å²) in [4.78, 5) is 4.46. The van der Waals surface area contributed by atoms with Gasteiger partial charge in [-0.1, -0.05) is 28.7 Å². The maximum absolute atomic E-state index is 5.46. The molecule has 0 saturated carbocycles. The minimum atomic E-state index is 0.580. The molecule has 0 unspecified atom stereocenters. The Bertz CT molecular complexity index is 409. The van der Waals surface area contributed by atoms with E-state index in [9.17, 15) is 0 Å². The smallest absolute Gasteiger partial charge is 0.124 e. The molecule has 2 rings (SSSR count). The number of hydrogen-bond donors (Lipinski definition) is 0. The molecule has 0 aromatic carbocycles. The van der Waals surface area contributed by atoms with E-state index < -0.39 is 0 Å². The highest BCUT2D eigenvalue weighted by Crippen LogP contribution is 2.25. The summed E-state index contributed by atoms with van der Waals surface area (Å²) in [6.45, 7) is 5.06. The Kier molecular flexibility index (Phi) is 9.59. The third-order valence-electron chi connectivity index (χ3n) is 2.69. The lowest BCUT2D eigenvalue weighted by Gasteiger charge is -2.06. The molecule has 0 aliphatic carbocycles. The Labute approximate surface area is 139 Å². The average molecular weight is 346 g/mol. The Morgan fingerprint density at radius 3 is 2.36 bits per heavy atom. The van der Waals surface area contributed by atoms with Gasteiger partial charge in [0.1, 0.15) is 4.38 Å². The van der Waals surface area contributed by atoms with Crippen molar-refractivity contribution in [3.8, 4) is 0 Å². The molecule has 0 amide bonds. The normalized spacial score (nSPS) is 14.6. The van der Waals surface area contributed by atoms with Crippen LogP contribution < -0.4 is 0 Å². The molecule has 1 saturated heterocycles. The van der Waals surface area contributed by atoms with Gasteiger partial charge in [-0.15, -0.1) is 5.10 Å². The number of thioether (sulfide) groups is 2. The summed E-state index contributed by atoms with van der Waals surface area (Å²) >= 11 is 3.67. The van der Waals surface area contributed by atoms with Crippen LogP contribution in [0.1, 0.15) is 0 Å². The van der Waals surface area contributed by atoms with Crippen LogP contribution in [0.2, 0.25) is 0 Å². The quantitative estimate of drug-likeness (QED) is 0.526. The van der Waals surface area contributed by atoms with Crippen molar-refractivity contribution in [2.75, 3.05) is 57.7 Å². The second-order valence-corrected chi connectivity index (χ2v) is 6.77. The molecule has 124 valence electrons. The molecule has 1 fully saturated rings. The van der Waals surface area contributed by atoms with E-state index in [0.29, 0.717) is 46.2 Å². The standard InChI is InChI=1S/C13H22N4O3S2/c1-3-17(16-15-1)4-6-19-8-10-20-9-7-18-5-2-14-13-21-11-12-22-13/h1,3H,2,4-12H2. The van der Waals surface area contributed by atoms with Gasteiger partial charge in [-0.2, -0.15) is 0 Å². The summed E-state index contributed by atoms with van der Waals surface area (Å²) in [6.07, 6.45) is 3.46. The maximum Gasteiger partial charge on any atom is 0.124 e. The van der Waals surface area contributed by atoms with Crippen LogP contribution in [-0.2, 0) is 20.8 Å². The maximum atomic E-state index is 5.46. The molecule has 22 heavy (non-hydrogen) atoms. The van der Waals surface area contributed by atoms with E-state index in [1.54, 1.807) is 10.9 Å². The summed E-state index contributed by atoms with van der Waals surface area (Å²) in [5.74, 6) is 2.36. The van der Waals surface area contributed by atoms with Crippen LogP contribution >= 0.6 is 23.5 Å². The molecule has 0 bridgehead atoms. The fourth-order valence-electron chi connectivity index (χ4n) is 1.64. The van der Waals surface area contributed by atoms with Crippen molar-refractivity contribution < 1.29 is 14.2 Å². The molecule has 0 N–H and O–H groups in total. The van der Waals surface area contributed by atoms with E-state index in [0.717, 1.165) is 6.54 Å². The van der Waals surface area contributed by atoms with Crippen molar-refractivity contribution in [3.63, 3.8) is 0 Å². The van der Waals surface area contributed by atoms with Crippen LogP contribution in [0.4, 0.5) is 0 Å². The minimum Gasteiger partial charge on any atom is -0.377 e. The van der Waals surface area contributed by atoms with Crippen molar-refractivity contribution in [1.29, 1.82) is 0 Å². The van der Waals surface area contributed by atoms with Gasteiger partial charge in [0.2, 0.25) is 0 Å². The molecule has 9 heteroatoms. The van der Waals surface area contributed by atoms with E-state index in [1.165, 1.54) is 15.9 Å². The van der Waals surface area contributed by atoms with Gasteiger partial charge in [-0.05, 0) is 0 Å². The number of aliphatic imine (C=N–C) groups is 1. The summed E-state index contributed by atoms with van der Waals surface area (Å²) in [5.41, 5.74) is 0. The summed E-state index contributed by atoms with van der Waals surface area (Å²) < 4.78 is 19.2. The van der Waals surface area contributed by atoms with E-state index in [-0.39, 0.29) is 0 Å². The average Bonchev–Trinajstić information content (AvgIpc) is 3.21. The summed E-state index contributed by atoms with van der Waals surface area (Å²) in [5, 5.41) is 7.57. The Morgan fingerprint density at radius 2 is 1.68 bits per heavy atom.